The van der Waals surface area contributed by atoms with Crippen molar-refractivity contribution in [3.05, 3.63) is 52.0 Å². The van der Waals surface area contributed by atoms with E-state index < -0.39 is 10.0 Å². The molecule has 1 heterocycles. The molecule has 1 amide bonds. The van der Waals surface area contributed by atoms with Gasteiger partial charge in [-0.2, -0.15) is 0 Å². The highest BCUT2D eigenvalue weighted by molar-refractivity contribution is 9.10. The van der Waals surface area contributed by atoms with E-state index in [0.29, 0.717) is 28.8 Å². The molecule has 0 saturated heterocycles. The van der Waals surface area contributed by atoms with E-state index in [9.17, 15) is 13.2 Å². The van der Waals surface area contributed by atoms with Crippen molar-refractivity contribution < 1.29 is 13.2 Å². The molecule has 26 heavy (non-hydrogen) atoms. The second-order valence-electron chi connectivity index (χ2n) is 6.37. The fourth-order valence-electron chi connectivity index (χ4n) is 3.15. The second-order valence-corrected chi connectivity index (χ2v) is 9.16. The van der Waals surface area contributed by atoms with Crippen molar-refractivity contribution in [1.29, 1.82) is 0 Å². The van der Waals surface area contributed by atoms with E-state index in [-0.39, 0.29) is 10.8 Å². The molecule has 0 bridgehead atoms. The lowest BCUT2D eigenvalue weighted by Gasteiger charge is -2.22. The van der Waals surface area contributed by atoms with Crippen molar-refractivity contribution >= 4 is 43.2 Å². The Kier molecular flexibility index (Phi) is 5.12. The minimum Gasteiger partial charge on any atom is -0.312 e. The summed E-state index contributed by atoms with van der Waals surface area (Å²) in [7, 11) is -2.23. The van der Waals surface area contributed by atoms with Gasteiger partial charge in [-0.3, -0.25) is 9.10 Å². The Balaban J connectivity index is 2.07. The van der Waals surface area contributed by atoms with Crippen LogP contribution in [0.2, 0.25) is 0 Å². The van der Waals surface area contributed by atoms with Crippen LogP contribution in [0.5, 0.6) is 0 Å². The number of sulfonamides is 1. The van der Waals surface area contributed by atoms with Crippen molar-refractivity contribution in [2.75, 3.05) is 22.8 Å². The standard InChI is InChI=1S/C19H21BrN2O3S/c1-4-19(23)22-9-8-14-11-16(20)18(12-17(14)22)26(24,25)21(3)15-7-5-6-13(2)10-15/h5-7,10-12H,4,8-9H2,1-3H3. The summed E-state index contributed by atoms with van der Waals surface area (Å²) in [6, 6.07) is 10.8. The molecule has 2 aromatic carbocycles. The molecule has 0 radical (unpaired) electrons. The van der Waals surface area contributed by atoms with Crippen LogP contribution in [0, 0.1) is 6.92 Å². The molecule has 0 aliphatic carbocycles. The van der Waals surface area contributed by atoms with E-state index in [4.69, 9.17) is 0 Å². The van der Waals surface area contributed by atoms with Crippen LogP contribution in [0.1, 0.15) is 24.5 Å². The number of halogens is 1. The molecular formula is C19H21BrN2O3S. The molecular weight excluding hydrogens is 416 g/mol. The van der Waals surface area contributed by atoms with Crippen LogP contribution in [0.15, 0.2) is 45.8 Å². The van der Waals surface area contributed by atoms with Crippen molar-refractivity contribution in [1.82, 2.24) is 0 Å². The highest BCUT2D eigenvalue weighted by atomic mass is 79.9. The summed E-state index contributed by atoms with van der Waals surface area (Å²) in [6.45, 7) is 4.32. The smallest absolute Gasteiger partial charge is 0.265 e. The van der Waals surface area contributed by atoms with Crippen LogP contribution >= 0.6 is 15.9 Å². The number of carbonyl (C=O) groups is 1. The summed E-state index contributed by atoms with van der Waals surface area (Å²) in [5, 5.41) is 0. The minimum atomic E-state index is -3.77. The molecule has 0 N–H and O–H groups in total. The third kappa shape index (κ3) is 3.25. The maximum Gasteiger partial charge on any atom is 0.265 e. The van der Waals surface area contributed by atoms with E-state index in [0.717, 1.165) is 17.5 Å². The first kappa shape index (κ1) is 18.9. The summed E-state index contributed by atoms with van der Waals surface area (Å²) in [4.78, 5) is 14.0. The Morgan fingerprint density at radius 1 is 1.27 bits per heavy atom. The molecule has 1 aliphatic rings. The largest absolute Gasteiger partial charge is 0.312 e. The lowest BCUT2D eigenvalue weighted by Crippen LogP contribution is -2.29. The van der Waals surface area contributed by atoms with Crippen molar-refractivity contribution in [3.8, 4) is 0 Å². The number of hydrogen-bond donors (Lipinski definition) is 0. The number of amides is 1. The SMILES string of the molecule is CCC(=O)N1CCc2cc(Br)c(S(=O)(=O)N(C)c3cccc(C)c3)cc21. The monoisotopic (exact) mass is 436 g/mol. The normalized spacial score (nSPS) is 13.6. The highest BCUT2D eigenvalue weighted by Crippen LogP contribution is 2.37. The third-order valence-electron chi connectivity index (χ3n) is 4.64. The number of fused-ring (bicyclic) bond motifs is 1. The minimum absolute atomic E-state index is 0.00135. The van der Waals surface area contributed by atoms with Gasteiger partial charge in [0.2, 0.25) is 5.91 Å². The average molecular weight is 437 g/mol. The Hall–Kier alpha value is -1.86. The van der Waals surface area contributed by atoms with Crippen LogP contribution in [-0.4, -0.2) is 27.9 Å². The van der Waals surface area contributed by atoms with Crippen LogP contribution in [0.4, 0.5) is 11.4 Å². The van der Waals surface area contributed by atoms with Gasteiger partial charge >= 0.3 is 0 Å². The molecule has 1 aliphatic heterocycles. The quantitative estimate of drug-likeness (QED) is 0.730. The van der Waals surface area contributed by atoms with E-state index in [2.05, 4.69) is 15.9 Å². The van der Waals surface area contributed by atoms with Gasteiger partial charge in [-0.25, -0.2) is 8.42 Å². The number of benzene rings is 2. The lowest BCUT2D eigenvalue weighted by atomic mass is 10.2. The van der Waals surface area contributed by atoms with Crippen LogP contribution in [0.25, 0.3) is 0 Å². The van der Waals surface area contributed by atoms with E-state index in [1.165, 1.54) is 4.31 Å². The molecule has 3 rings (SSSR count). The maximum atomic E-state index is 13.2. The van der Waals surface area contributed by atoms with Gasteiger partial charge in [-0.05, 0) is 64.7 Å². The summed E-state index contributed by atoms with van der Waals surface area (Å²) >= 11 is 3.41. The third-order valence-corrected chi connectivity index (χ3v) is 7.38. The molecule has 0 aromatic heterocycles. The summed E-state index contributed by atoms with van der Waals surface area (Å²) in [5.74, 6) is 0.00135. The lowest BCUT2D eigenvalue weighted by molar-refractivity contribution is -0.118. The fraction of sp³-hybridized carbons (Fsp3) is 0.316. The van der Waals surface area contributed by atoms with Gasteiger partial charge in [0.15, 0.2) is 0 Å². The zero-order valence-corrected chi connectivity index (χ0v) is 17.4. The van der Waals surface area contributed by atoms with Crippen LogP contribution in [-0.2, 0) is 21.2 Å². The summed E-state index contributed by atoms with van der Waals surface area (Å²) in [5.41, 5.74) is 3.25. The Morgan fingerprint density at radius 2 is 2.00 bits per heavy atom. The number of aryl methyl sites for hydroxylation is 1. The molecule has 0 saturated carbocycles. The van der Waals surface area contributed by atoms with E-state index in [1.54, 1.807) is 24.1 Å². The maximum absolute atomic E-state index is 13.2. The number of rotatable bonds is 4. The molecule has 2 aromatic rings. The van der Waals surface area contributed by atoms with Crippen LogP contribution < -0.4 is 9.21 Å². The first-order chi connectivity index (χ1) is 12.3. The van der Waals surface area contributed by atoms with Gasteiger partial charge in [0, 0.05) is 30.2 Å². The van der Waals surface area contributed by atoms with E-state index >= 15 is 0 Å². The van der Waals surface area contributed by atoms with Gasteiger partial charge in [0.05, 0.1) is 5.69 Å². The molecule has 0 spiro atoms. The predicted octanol–water partition coefficient (Wildman–Crippen LogP) is 3.88. The molecule has 0 fully saturated rings. The number of carbonyl (C=O) groups excluding carboxylic acids is 1. The summed E-state index contributed by atoms with van der Waals surface area (Å²) < 4.78 is 28.2. The van der Waals surface area contributed by atoms with Gasteiger partial charge in [0.1, 0.15) is 4.90 Å². The predicted molar refractivity (Wildman–Crippen MR) is 107 cm³/mol. The van der Waals surface area contributed by atoms with Crippen molar-refractivity contribution in [2.24, 2.45) is 0 Å². The van der Waals surface area contributed by atoms with Crippen LogP contribution in [0.3, 0.4) is 0 Å². The highest BCUT2D eigenvalue weighted by Gasteiger charge is 2.30. The van der Waals surface area contributed by atoms with Gasteiger partial charge in [-0.1, -0.05) is 19.1 Å². The Bertz CT molecular complexity index is 973. The van der Waals surface area contributed by atoms with Gasteiger partial charge in [-0.15, -0.1) is 0 Å². The van der Waals surface area contributed by atoms with Gasteiger partial charge < -0.3 is 4.90 Å². The molecule has 7 heteroatoms. The average Bonchev–Trinajstić information content (AvgIpc) is 3.02. The fourth-order valence-corrected chi connectivity index (χ4v) is 5.40. The van der Waals surface area contributed by atoms with Crippen molar-refractivity contribution in [2.45, 2.75) is 31.6 Å². The topological polar surface area (TPSA) is 57.7 Å². The number of nitrogens with zero attached hydrogens (tertiary/aromatic N) is 2. The molecule has 5 nitrogen and oxygen atoms in total. The Labute approximate surface area is 162 Å². The van der Waals surface area contributed by atoms with E-state index in [1.807, 2.05) is 38.1 Å². The number of hydrogen-bond acceptors (Lipinski definition) is 3. The number of anilines is 2. The zero-order valence-electron chi connectivity index (χ0n) is 15.0. The van der Waals surface area contributed by atoms with Crippen molar-refractivity contribution in [3.63, 3.8) is 0 Å². The second kappa shape index (κ2) is 7.04. The molecule has 0 atom stereocenters. The zero-order chi connectivity index (χ0) is 19.1. The first-order valence-electron chi connectivity index (χ1n) is 8.44. The summed E-state index contributed by atoms with van der Waals surface area (Å²) in [6.07, 6.45) is 1.12. The van der Waals surface area contributed by atoms with Gasteiger partial charge in [0.25, 0.3) is 10.0 Å². The Morgan fingerprint density at radius 3 is 2.65 bits per heavy atom. The molecule has 138 valence electrons. The molecule has 0 unspecified atom stereocenters. The first-order valence-corrected chi connectivity index (χ1v) is 10.7.